The molecule has 138 valence electrons. The summed E-state index contributed by atoms with van der Waals surface area (Å²) in [7, 11) is -3.25. The highest BCUT2D eigenvalue weighted by molar-refractivity contribution is 7.90. The van der Waals surface area contributed by atoms with Crippen LogP contribution in [0.15, 0.2) is 46.3 Å². The summed E-state index contributed by atoms with van der Waals surface area (Å²) < 4.78 is 35.5. The second-order valence-corrected chi connectivity index (χ2v) is 8.86. The summed E-state index contributed by atoms with van der Waals surface area (Å²) in [6.45, 7) is 2.38. The van der Waals surface area contributed by atoms with Crippen LogP contribution in [0, 0.1) is 0 Å². The number of thiophene rings is 1. The molecular formula is C18H20N2O4S2. The van der Waals surface area contributed by atoms with E-state index < -0.39 is 9.84 Å². The summed E-state index contributed by atoms with van der Waals surface area (Å²) in [5.41, 5.74) is 0.687. The summed E-state index contributed by atoms with van der Waals surface area (Å²) in [5.74, 6) is 1.65. The number of ether oxygens (including phenoxy) is 1. The summed E-state index contributed by atoms with van der Waals surface area (Å²) in [6.07, 6.45) is 0.871. The minimum atomic E-state index is -3.25. The van der Waals surface area contributed by atoms with Crippen LogP contribution in [0.25, 0.3) is 10.7 Å². The molecule has 0 aliphatic rings. The smallest absolute Gasteiger partial charge is 0.227 e. The van der Waals surface area contributed by atoms with Crippen molar-refractivity contribution in [2.75, 3.05) is 12.4 Å². The molecule has 0 aliphatic heterocycles. The van der Waals surface area contributed by atoms with Gasteiger partial charge in [0.15, 0.2) is 9.84 Å². The van der Waals surface area contributed by atoms with Crippen molar-refractivity contribution in [3.05, 3.63) is 53.2 Å². The van der Waals surface area contributed by atoms with Crippen LogP contribution in [0.4, 0.5) is 0 Å². The van der Waals surface area contributed by atoms with Crippen molar-refractivity contribution in [2.24, 2.45) is 0 Å². The zero-order chi connectivity index (χ0) is 18.4. The summed E-state index contributed by atoms with van der Waals surface area (Å²) in [5, 5.41) is 5.87. The average molecular weight is 393 g/mol. The second-order valence-electron chi connectivity index (χ2n) is 5.73. The van der Waals surface area contributed by atoms with E-state index in [2.05, 4.69) is 10.1 Å². The van der Waals surface area contributed by atoms with Crippen molar-refractivity contribution in [1.82, 2.24) is 10.1 Å². The lowest BCUT2D eigenvalue weighted by atomic mass is 10.2. The van der Waals surface area contributed by atoms with Gasteiger partial charge in [-0.05, 0) is 30.9 Å². The van der Waals surface area contributed by atoms with Crippen LogP contribution in [-0.4, -0.2) is 30.9 Å². The van der Waals surface area contributed by atoms with E-state index in [0.29, 0.717) is 42.5 Å². The molecule has 0 amide bonds. The van der Waals surface area contributed by atoms with Crippen molar-refractivity contribution >= 4 is 21.2 Å². The summed E-state index contributed by atoms with van der Waals surface area (Å²) in [6, 6.07) is 11.1. The lowest BCUT2D eigenvalue weighted by Crippen LogP contribution is -2.11. The van der Waals surface area contributed by atoms with Crippen molar-refractivity contribution in [3.63, 3.8) is 0 Å². The molecule has 0 radical (unpaired) electrons. The Bertz CT molecular complexity index is 934. The van der Waals surface area contributed by atoms with Crippen LogP contribution >= 0.6 is 11.3 Å². The van der Waals surface area contributed by atoms with E-state index in [0.717, 1.165) is 4.88 Å². The highest BCUT2D eigenvalue weighted by Crippen LogP contribution is 2.23. The maximum Gasteiger partial charge on any atom is 0.227 e. The minimum Gasteiger partial charge on any atom is -0.494 e. The Balaban J connectivity index is 1.56. The Morgan fingerprint density at radius 1 is 1.19 bits per heavy atom. The standard InChI is InChI=1S/C18H20N2O4S2/c1-2-23-15-8-4-3-7-14(15)13-26(21,22)12-6-10-17-19-18(20-24-17)16-9-5-11-25-16/h3-5,7-9,11H,2,6,10,12-13H2,1H3. The number of benzene rings is 1. The van der Waals surface area contributed by atoms with Crippen LogP contribution in [0.5, 0.6) is 5.75 Å². The average Bonchev–Trinajstić information content (AvgIpc) is 3.27. The molecule has 1 aromatic carbocycles. The quantitative estimate of drug-likeness (QED) is 0.552. The Labute approximate surface area is 156 Å². The van der Waals surface area contributed by atoms with Gasteiger partial charge in [-0.1, -0.05) is 29.4 Å². The molecule has 6 nitrogen and oxygen atoms in total. The second kappa shape index (κ2) is 8.46. The van der Waals surface area contributed by atoms with E-state index >= 15 is 0 Å². The molecule has 0 aliphatic carbocycles. The van der Waals surface area contributed by atoms with E-state index in [1.807, 2.05) is 36.6 Å². The zero-order valence-electron chi connectivity index (χ0n) is 14.4. The normalized spacial score (nSPS) is 11.6. The molecule has 3 aromatic rings. The largest absolute Gasteiger partial charge is 0.494 e. The first-order valence-electron chi connectivity index (χ1n) is 8.35. The van der Waals surface area contributed by atoms with Crippen molar-refractivity contribution < 1.29 is 17.7 Å². The van der Waals surface area contributed by atoms with Gasteiger partial charge in [0.1, 0.15) is 5.75 Å². The van der Waals surface area contributed by atoms with Gasteiger partial charge in [-0.25, -0.2) is 8.42 Å². The Kier molecular flexibility index (Phi) is 6.05. The van der Waals surface area contributed by atoms with Gasteiger partial charge in [0.25, 0.3) is 0 Å². The maximum absolute atomic E-state index is 12.4. The summed E-state index contributed by atoms with van der Waals surface area (Å²) >= 11 is 1.53. The van der Waals surface area contributed by atoms with E-state index in [-0.39, 0.29) is 11.5 Å². The lowest BCUT2D eigenvalue weighted by Gasteiger charge is -2.10. The van der Waals surface area contributed by atoms with Crippen molar-refractivity contribution in [1.29, 1.82) is 0 Å². The molecule has 3 rings (SSSR count). The van der Waals surface area contributed by atoms with Crippen LogP contribution in [0.3, 0.4) is 0 Å². The molecule has 26 heavy (non-hydrogen) atoms. The van der Waals surface area contributed by atoms with E-state index in [1.165, 1.54) is 11.3 Å². The van der Waals surface area contributed by atoms with Gasteiger partial charge >= 0.3 is 0 Å². The van der Waals surface area contributed by atoms with Crippen LogP contribution in [0.1, 0.15) is 24.8 Å². The molecule has 0 bridgehead atoms. The highest BCUT2D eigenvalue weighted by atomic mass is 32.2. The zero-order valence-corrected chi connectivity index (χ0v) is 16.1. The molecular weight excluding hydrogens is 372 g/mol. The summed E-state index contributed by atoms with van der Waals surface area (Å²) in [4.78, 5) is 5.24. The fraction of sp³-hybridized carbons (Fsp3) is 0.333. The Hall–Kier alpha value is -2.19. The predicted octanol–water partition coefficient (Wildman–Crippen LogP) is 3.74. The third-order valence-electron chi connectivity index (χ3n) is 3.70. The number of para-hydroxylation sites is 1. The molecule has 0 unspecified atom stereocenters. The number of aryl methyl sites for hydroxylation is 1. The fourth-order valence-corrected chi connectivity index (χ4v) is 4.62. The van der Waals surface area contributed by atoms with Gasteiger partial charge in [-0.2, -0.15) is 4.98 Å². The van der Waals surface area contributed by atoms with Gasteiger partial charge in [0.05, 0.1) is 23.0 Å². The third kappa shape index (κ3) is 4.92. The van der Waals surface area contributed by atoms with Crippen LogP contribution in [-0.2, 0) is 22.0 Å². The first kappa shape index (κ1) is 18.6. The molecule has 0 atom stereocenters. The van der Waals surface area contributed by atoms with E-state index in [9.17, 15) is 8.42 Å². The van der Waals surface area contributed by atoms with Crippen LogP contribution < -0.4 is 4.74 Å². The number of aromatic nitrogens is 2. The molecule has 0 spiro atoms. The first-order chi connectivity index (χ1) is 12.6. The third-order valence-corrected chi connectivity index (χ3v) is 6.23. The Morgan fingerprint density at radius 2 is 2.04 bits per heavy atom. The van der Waals surface area contributed by atoms with Crippen LogP contribution in [0.2, 0.25) is 0 Å². The molecule has 0 saturated heterocycles. The van der Waals surface area contributed by atoms with Gasteiger partial charge < -0.3 is 9.26 Å². The van der Waals surface area contributed by atoms with Gasteiger partial charge in [0, 0.05) is 12.0 Å². The highest BCUT2D eigenvalue weighted by Gasteiger charge is 2.16. The molecule has 0 fully saturated rings. The topological polar surface area (TPSA) is 82.3 Å². The monoisotopic (exact) mass is 392 g/mol. The number of hydrogen-bond donors (Lipinski definition) is 0. The number of hydrogen-bond acceptors (Lipinski definition) is 7. The number of rotatable bonds is 9. The molecule has 8 heteroatoms. The van der Waals surface area contributed by atoms with Crippen molar-refractivity contribution in [3.8, 4) is 16.5 Å². The first-order valence-corrected chi connectivity index (χ1v) is 11.0. The molecule has 2 heterocycles. The Morgan fingerprint density at radius 3 is 2.81 bits per heavy atom. The fourth-order valence-electron chi connectivity index (χ4n) is 2.53. The van der Waals surface area contributed by atoms with Gasteiger partial charge in [-0.3, -0.25) is 0 Å². The lowest BCUT2D eigenvalue weighted by molar-refractivity contribution is 0.337. The van der Waals surface area contributed by atoms with Gasteiger partial charge in [0.2, 0.25) is 11.7 Å². The van der Waals surface area contributed by atoms with Gasteiger partial charge in [-0.15, -0.1) is 11.3 Å². The number of sulfone groups is 1. The minimum absolute atomic E-state index is 0.0343. The van der Waals surface area contributed by atoms with E-state index in [4.69, 9.17) is 9.26 Å². The van der Waals surface area contributed by atoms with E-state index in [1.54, 1.807) is 12.1 Å². The maximum atomic E-state index is 12.4. The number of nitrogens with zero attached hydrogens (tertiary/aromatic N) is 2. The SMILES string of the molecule is CCOc1ccccc1CS(=O)(=O)CCCc1nc(-c2cccs2)no1. The predicted molar refractivity (Wildman–Crippen MR) is 101 cm³/mol. The molecule has 2 aromatic heterocycles. The van der Waals surface area contributed by atoms with Crippen molar-refractivity contribution in [2.45, 2.75) is 25.5 Å². The molecule has 0 N–H and O–H groups in total. The molecule has 0 saturated carbocycles.